The van der Waals surface area contributed by atoms with Gasteiger partial charge >= 0.3 is 11.9 Å². The summed E-state index contributed by atoms with van der Waals surface area (Å²) in [6, 6.07) is -2.05. The quantitative estimate of drug-likeness (QED) is 0.478. The van der Waals surface area contributed by atoms with E-state index in [4.69, 9.17) is 15.9 Å². The first-order valence-corrected chi connectivity index (χ1v) is 5.74. The third-order valence-corrected chi connectivity index (χ3v) is 2.34. The van der Waals surface area contributed by atoms with Crippen molar-refractivity contribution in [2.75, 3.05) is 0 Å². The van der Waals surface area contributed by atoms with E-state index < -0.39 is 29.9 Å². The summed E-state index contributed by atoms with van der Waals surface area (Å²) in [4.78, 5) is 32.8. The molecule has 18 heavy (non-hydrogen) atoms. The predicted molar refractivity (Wildman–Crippen MR) is 63.9 cm³/mol. The Bertz CT molecular complexity index is 317. The predicted octanol–water partition coefficient (Wildman–Crippen LogP) is -0.206. The number of aliphatic carboxylic acids is 2. The third kappa shape index (κ3) is 6.85. The summed E-state index contributed by atoms with van der Waals surface area (Å²) in [5.41, 5.74) is 5.24. The van der Waals surface area contributed by atoms with Crippen LogP contribution in [0.4, 0.5) is 0 Å². The van der Waals surface area contributed by atoms with E-state index in [1.807, 2.05) is 13.8 Å². The maximum atomic E-state index is 11.4. The first kappa shape index (κ1) is 16.4. The normalized spacial score (nSPS) is 14.0. The molecule has 0 radical (unpaired) electrons. The van der Waals surface area contributed by atoms with E-state index in [1.165, 1.54) is 0 Å². The van der Waals surface area contributed by atoms with Gasteiger partial charge in [-0.15, -0.1) is 0 Å². The Morgan fingerprint density at radius 1 is 1.17 bits per heavy atom. The van der Waals surface area contributed by atoms with E-state index in [0.717, 1.165) is 0 Å². The average Bonchev–Trinajstić information content (AvgIpc) is 2.23. The molecule has 0 spiro atoms. The lowest BCUT2D eigenvalue weighted by Crippen LogP contribution is -2.42. The Balaban J connectivity index is 4.18. The van der Waals surface area contributed by atoms with Gasteiger partial charge in [0.05, 0.1) is 0 Å². The topological polar surface area (TPSA) is 130 Å². The van der Waals surface area contributed by atoms with Crippen LogP contribution in [0.5, 0.6) is 0 Å². The van der Waals surface area contributed by atoms with Gasteiger partial charge in [-0.2, -0.15) is 0 Å². The summed E-state index contributed by atoms with van der Waals surface area (Å²) in [6.45, 7) is 3.70. The molecule has 0 aliphatic carbocycles. The number of amides is 1. The Hall–Kier alpha value is -1.63. The van der Waals surface area contributed by atoms with Crippen LogP contribution in [0.2, 0.25) is 0 Å². The van der Waals surface area contributed by atoms with Gasteiger partial charge in [-0.05, 0) is 18.8 Å². The van der Waals surface area contributed by atoms with Crippen LogP contribution < -0.4 is 11.1 Å². The molecule has 0 heterocycles. The summed E-state index contributed by atoms with van der Waals surface area (Å²) < 4.78 is 0. The standard InChI is InChI=1S/C11H20N2O5/c1-6(2)5-8(11(17)18)13-9(14)4-3-7(12)10(15)16/h6-8H,3-5,12H2,1-2H3,(H,13,14)(H,15,16)(H,17,18)/t7-,8?/m0/s1. The molecule has 1 unspecified atom stereocenters. The Morgan fingerprint density at radius 3 is 2.11 bits per heavy atom. The van der Waals surface area contributed by atoms with Crippen molar-refractivity contribution in [3.63, 3.8) is 0 Å². The highest BCUT2D eigenvalue weighted by atomic mass is 16.4. The van der Waals surface area contributed by atoms with Crippen molar-refractivity contribution in [3.05, 3.63) is 0 Å². The number of carbonyl (C=O) groups excluding carboxylic acids is 1. The lowest BCUT2D eigenvalue weighted by atomic mass is 10.0. The molecular weight excluding hydrogens is 240 g/mol. The van der Waals surface area contributed by atoms with E-state index in [0.29, 0.717) is 6.42 Å². The summed E-state index contributed by atoms with van der Waals surface area (Å²) in [5.74, 6) is -2.65. The number of nitrogens with one attached hydrogen (secondary N) is 1. The summed E-state index contributed by atoms with van der Waals surface area (Å²) in [5, 5.41) is 19.8. The van der Waals surface area contributed by atoms with Crippen LogP contribution in [-0.2, 0) is 14.4 Å². The van der Waals surface area contributed by atoms with Crippen LogP contribution in [0.1, 0.15) is 33.1 Å². The van der Waals surface area contributed by atoms with Crippen LogP contribution >= 0.6 is 0 Å². The minimum absolute atomic E-state index is 0.0187. The molecule has 0 aromatic carbocycles. The van der Waals surface area contributed by atoms with Gasteiger partial charge in [0.15, 0.2) is 0 Å². The zero-order valence-corrected chi connectivity index (χ0v) is 10.5. The lowest BCUT2D eigenvalue weighted by Gasteiger charge is -2.16. The molecule has 0 bridgehead atoms. The average molecular weight is 260 g/mol. The number of carboxylic acids is 2. The molecule has 0 aromatic heterocycles. The molecule has 7 heteroatoms. The lowest BCUT2D eigenvalue weighted by molar-refractivity contribution is -0.142. The highest BCUT2D eigenvalue weighted by Crippen LogP contribution is 2.05. The van der Waals surface area contributed by atoms with Crippen LogP contribution in [-0.4, -0.2) is 40.1 Å². The van der Waals surface area contributed by atoms with E-state index in [2.05, 4.69) is 5.32 Å². The Labute approximate surface area is 105 Å². The van der Waals surface area contributed by atoms with Crippen molar-refractivity contribution < 1.29 is 24.6 Å². The molecule has 104 valence electrons. The molecule has 0 aromatic rings. The van der Waals surface area contributed by atoms with Crippen LogP contribution in [0.15, 0.2) is 0 Å². The van der Waals surface area contributed by atoms with Crippen molar-refractivity contribution in [3.8, 4) is 0 Å². The fraction of sp³-hybridized carbons (Fsp3) is 0.727. The Morgan fingerprint density at radius 2 is 1.72 bits per heavy atom. The van der Waals surface area contributed by atoms with Crippen LogP contribution in [0.3, 0.4) is 0 Å². The minimum Gasteiger partial charge on any atom is -0.480 e. The highest BCUT2D eigenvalue weighted by Gasteiger charge is 2.21. The highest BCUT2D eigenvalue weighted by molar-refractivity contribution is 5.84. The van der Waals surface area contributed by atoms with Crippen LogP contribution in [0, 0.1) is 5.92 Å². The van der Waals surface area contributed by atoms with E-state index in [-0.39, 0.29) is 18.8 Å². The molecule has 2 atom stereocenters. The molecule has 0 saturated heterocycles. The molecule has 5 N–H and O–H groups in total. The molecular formula is C11H20N2O5. The van der Waals surface area contributed by atoms with Gasteiger partial charge in [-0.25, -0.2) is 4.79 Å². The van der Waals surface area contributed by atoms with E-state index in [9.17, 15) is 14.4 Å². The number of hydrogen-bond acceptors (Lipinski definition) is 4. The molecule has 0 aliphatic heterocycles. The molecule has 0 saturated carbocycles. The zero-order chi connectivity index (χ0) is 14.3. The first-order valence-electron chi connectivity index (χ1n) is 5.74. The third-order valence-electron chi connectivity index (χ3n) is 2.34. The van der Waals surface area contributed by atoms with Gasteiger partial charge in [0, 0.05) is 6.42 Å². The van der Waals surface area contributed by atoms with Crippen molar-refractivity contribution in [1.82, 2.24) is 5.32 Å². The molecule has 0 fully saturated rings. The largest absolute Gasteiger partial charge is 0.480 e. The zero-order valence-electron chi connectivity index (χ0n) is 10.5. The fourth-order valence-corrected chi connectivity index (χ4v) is 1.37. The molecule has 1 amide bonds. The molecule has 7 nitrogen and oxygen atoms in total. The second-order valence-electron chi connectivity index (χ2n) is 4.57. The number of carboxylic acid groups (broad SMARTS) is 2. The second-order valence-corrected chi connectivity index (χ2v) is 4.57. The van der Waals surface area contributed by atoms with Gasteiger partial charge < -0.3 is 21.3 Å². The number of rotatable bonds is 8. The molecule has 0 aliphatic rings. The van der Waals surface area contributed by atoms with Crippen molar-refractivity contribution in [2.45, 2.75) is 45.2 Å². The monoisotopic (exact) mass is 260 g/mol. The maximum Gasteiger partial charge on any atom is 0.326 e. The SMILES string of the molecule is CC(C)CC(NC(=O)CC[C@H](N)C(=O)O)C(=O)O. The van der Waals surface area contributed by atoms with Crippen LogP contribution in [0.25, 0.3) is 0 Å². The van der Waals surface area contributed by atoms with E-state index >= 15 is 0 Å². The Kier molecular flexibility index (Phi) is 6.96. The number of hydrogen-bond donors (Lipinski definition) is 4. The van der Waals surface area contributed by atoms with Gasteiger partial charge in [-0.1, -0.05) is 13.8 Å². The second kappa shape index (κ2) is 7.65. The van der Waals surface area contributed by atoms with Gasteiger partial charge in [-0.3, -0.25) is 9.59 Å². The van der Waals surface area contributed by atoms with E-state index in [1.54, 1.807) is 0 Å². The maximum absolute atomic E-state index is 11.4. The van der Waals surface area contributed by atoms with Crippen molar-refractivity contribution in [1.29, 1.82) is 0 Å². The molecule has 0 rings (SSSR count). The van der Waals surface area contributed by atoms with Gasteiger partial charge in [0.25, 0.3) is 0 Å². The fourth-order valence-electron chi connectivity index (χ4n) is 1.37. The van der Waals surface area contributed by atoms with Gasteiger partial charge in [0.2, 0.25) is 5.91 Å². The number of carbonyl (C=O) groups is 3. The number of nitrogens with two attached hydrogens (primary N) is 1. The summed E-state index contributed by atoms with van der Waals surface area (Å²) in [7, 11) is 0. The van der Waals surface area contributed by atoms with Gasteiger partial charge in [0.1, 0.15) is 12.1 Å². The van der Waals surface area contributed by atoms with Crippen molar-refractivity contribution in [2.24, 2.45) is 11.7 Å². The minimum atomic E-state index is -1.18. The first-order chi connectivity index (χ1) is 8.23. The van der Waals surface area contributed by atoms with Crippen molar-refractivity contribution >= 4 is 17.8 Å². The smallest absolute Gasteiger partial charge is 0.326 e. The summed E-state index contributed by atoms with van der Waals surface area (Å²) >= 11 is 0. The summed E-state index contributed by atoms with van der Waals surface area (Å²) in [6.07, 6.45) is 0.205.